The van der Waals surface area contributed by atoms with Gasteiger partial charge < -0.3 is 16.2 Å². The van der Waals surface area contributed by atoms with Crippen LogP contribution in [0, 0.1) is 0 Å². The quantitative estimate of drug-likeness (QED) is 0.657. The van der Waals surface area contributed by atoms with Gasteiger partial charge in [-0.15, -0.1) is 0 Å². The van der Waals surface area contributed by atoms with Gasteiger partial charge in [-0.1, -0.05) is 39.0 Å². The van der Waals surface area contributed by atoms with Crippen LogP contribution in [0.1, 0.15) is 64.7 Å². The molecule has 0 bridgehead atoms. The lowest BCUT2D eigenvalue weighted by molar-refractivity contribution is -0.142. The number of nitrogens with one attached hydrogen (secondary N) is 1. The van der Waals surface area contributed by atoms with Gasteiger partial charge in [0.2, 0.25) is 5.91 Å². The SMILES string of the molecule is CCCC[C@H](NC(=O)CC1(N)CCCCC1)C(=O)O. The van der Waals surface area contributed by atoms with Gasteiger partial charge >= 0.3 is 5.97 Å². The Hall–Kier alpha value is -1.10. The molecule has 1 fully saturated rings. The molecule has 1 rings (SSSR count). The summed E-state index contributed by atoms with van der Waals surface area (Å²) in [7, 11) is 0. The monoisotopic (exact) mass is 270 g/mol. The van der Waals surface area contributed by atoms with Crippen LogP contribution >= 0.6 is 0 Å². The van der Waals surface area contributed by atoms with Gasteiger partial charge in [0, 0.05) is 12.0 Å². The first-order valence-electron chi connectivity index (χ1n) is 7.28. The lowest BCUT2D eigenvalue weighted by Crippen LogP contribution is -2.49. The Morgan fingerprint density at radius 1 is 1.32 bits per heavy atom. The maximum atomic E-state index is 11.9. The molecule has 1 atom stereocenters. The molecule has 19 heavy (non-hydrogen) atoms. The van der Waals surface area contributed by atoms with Gasteiger partial charge in [-0.05, 0) is 19.3 Å². The summed E-state index contributed by atoms with van der Waals surface area (Å²) in [6, 6.07) is -0.778. The highest BCUT2D eigenvalue weighted by atomic mass is 16.4. The molecule has 0 unspecified atom stereocenters. The van der Waals surface area contributed by atoms with Crippen molar-refractivity contribution < 1.29 is 14.7 Å². The van der Waals surface area contributed by atoms with Crippen molar-refractivity contribution in [3.63, 3.8) is 0 Å². The molecule has 0 aromatic rings. The highest BCUT2D eigenvalue weighted by molar-refractivity contribution is 5.84. The van der Waals surface area contributed by atoms with E-state index < -0.39 is 17.6 Å². The van der Waals surface area contributed by atoms with Crippen molar-refractivity contribution in [1.82, 2.24) is 5.32 Å². The Kier molecular flexibility index (Phi) is 6.28. The van der Waals surface area contributed by atoms with E-state index in [1.54, 1.807) is 0 Å². The minimum Gasteiger partial charge on any atom is -0.480 e. The molecule has 0 heterocycles. The molecule has 0 saturated heterocycles. The zero-order valence-corrected chi connectivity index (χ0v) is 11.8. The van der Waals surface area contributed by atoms with E-state index in [9.17, 15) is 9.59 Å². The van der Waals surface area contributed by atoms with Crippen molar-refractivity contribution in [2.24, 2.45) is 5.73 Å². The molecule has 110 valence electrons. The zero-order chi connectivity index (χ0) is 14.3. The molecule has 5 heteroatoms. The lowest BCUT2D eigenvalue weighted by atomic mass is 9.80. The summed E-state index contributed by atoms with van der Waals surface area (Å²) in [4.78, 5) is 23.0. The van der Waals surface area contributed by atoms with E-state index in [-0.39, 0.29) is 12.3 Å². The smallest absolute Gasteiger partial charge is 0.326 e. The highest BCUT2D eigenvalue weighted by Crippen LogP contribution is 2.28. The minimum absolute atomic E-state index is 0.229. The summed E-state index contributed by atoms with van der Waals surface area (Å²) in [5.41, 5.74) is 5.77. The van der Waals surface area contributed by atoms with E-state index in [2.05, 4.69) is 5.32 Å². The first kappa shape index (κ1) is 16.0. The normalized spacial score (nSPS) is 19.7. The van der Waals surface area contributed by atoms with Crippen LogP contribution in [0.4, 0.5) is 0 Å². The van der Waals surface area contributed by atoms with Crippen LogP contribution in [-0.2, 0) is 9.59 Å². The Morgan fingerprint density at radius 2 is 1.95 bits per heavy atom. The first-order chi connectivity index (χ1) is 8.97. The number of unbranched alkanes of at least 4 members (excludes halogenated alkanes) is 1. The topological polar surface area (TPSA) is 92.4 Å². The maximum absolute atomic E-state index is 11.9. The summed E-state index contributed by atoms with van der Waals surface area (Å²) in [6.07, 6.45) is 7.43. The molecule has 0 aliphatic heterocycles. The molecule has 1 aliphatic carbocycles. The van der Waals surface area contributed by atoms with Gasteiger partial charge in [-0.25, -0.2) is 4.79 Å². The number of aliphatic carboxylic acids is 1. The fraction of sp³-hybridized carbons (Fsp3) is 0.857. The van der Waals surface area contributed by atoms with Crippen molar-refractivity contribution in [2.75, 3.05) is 0 Å². The number of carbonyl (C=O) groups is 2. The molecular weight excluding hydrogens is 244 g/mol. The second-order valence-corrected chi connectivity index (χ2v) is 5.70. The van der Waals surface area contributed by atoms with Gasteiger partial charge in [0.05, 0.1) is 0 Å². The Morgan fingerprint density at radius 3 is 2.47 bits per heavy atom. The van der Waals surface area contributed by atoms with Crippen molar-refractivity contribution in [3.8, 4) is 0 Å². The summed E-state index contributed by atoms with van der Waals surface area (Å²) < 4.78 is 0. The number of carboxylic acid groups (broad SMARTS) is 1. The number of amides is 1. The lowest BCUT2D eigenvalue weighted by Gasteiger charge is -2.33. The fourth-order valence-electron chi connectivity index (χ4n) is 2.66. The molecule has 0 aromatic carbocycles. The molecule has 0 spiro atoms. The Balaban J connectivity index is 2.45. The third-order valence-corrected chi connectivity index (χ3v) is 3.84. The van der Waals surface area contributed by atoms with Gasteiger partial charge in [0.15, 0.2) is 0 Å². The average Bonchev–Trinajstić information content (AvgIpc) is 2.34. The third kappa shape index (κ3) is 5.59. The molecular formula is C14H26N2O3. The van der Waals surface area contributed by atoms with Crippen LogP contribution < -0.4 is 11.1 Å². The van der Waals surface area contributed by atoms with E-state index in [0.29, 0.717) is 6.42 Å². The first-order valence-corrected chi connectivity index (χ1v) is 7.28. The minimum atomic E-state index is -0.962. The van der Waals surface area contributed by atoms with Gasteiger partial charge in [-0.3, -0.25) is 4.79 Å². The second kappa shape index (κ2) is 7.48. The predicted octanol–water partition coefficient (Wildman–Crippen LogP) is 1.80. The van der Waals surface area contributed by atoms with Crippen LogP contribution in [0.5, 0.6) is 0 Å². The number of nitrogens with two attached hydrogens (primary N) is 1. The van der Waals surface area contributed by atoms with Crippen LogP contribution in [0.15, 0.2) is 0 Å². The molecule has 0 radical (unpaired) electrons. The Labute approximate surface area is 114 Å². The second-order valence-electron chi connectivity index (χ2n) is 5.70. The summed E-state index contributed by atoms with van der Waals surface area (Å²) in [6.45, 7) is 2.00. The van der Waals surface area contributed by atoms with Crippen LogP contribution in [0.3, 0.4) is 0 Å². The number of hydrogen-bond donors (Lipinski definition) is 3. The van der Waals surface area contributed by atoms with E-state index in [0.717, 1.165) is 38.5 Å². The molecule has 1 amide bonds. The van der Waals surface area contributed by atoms with Gasteiger partial charge in [-0.2, -0.15) is 0 Å². The number of carboxylic acids is 1. The van der Waals surface area contributed by atoms with Crippen LogP contribution in [0.25, 0.3) is 0 Å². The molecule has 0 aromatic heterocycles. The van der Waals surface area contributed by atoms with Crippen LogP contribution in [-0.4, -0.2) is 28.6 Å². The van der Waals surface area contributed by atoms with Crippen LogP contribution in [0.2, 0.25) is 0 Å². The van der Waals surface area contributed by atoms with E-state index in [1.165, 1.54) is 6.42 Å². The molecule has 1 saturated carbocycles. The summed E-state index contributed by atoms with van der Waals surface area (Å²) in [5, 5.41) is 11.7. The summed E-state index contributed by atoms with van der Waals surface area (Å²) in [5.74, 6) is -1.19. The van der Waals surface area contributed by atoms with Gasteiger partial charge in [0.1, 0.15) is 6.04 Å². The van der Waals surface area contributed by atoms with Crippen molar-refractivity contribution >= 4 is 11.9 Å². The van der Waals surface area contributed by atoms with Crippen molar-refractivity contribution in [1.29, 1.82) is 0 Å². The maximum Gasteiger partial charge on any atom is 0.326 e. The molecule has 1 aliphatic rings. The van der Waals surface area contributed by atoms with E-state index in [1.807, 2.05) is 6.92 Å². The molecule has 4 N–H and O–H groups in total. The summed E-state index contributed by atoms with van der Waals surface area (Å²) >= 11 is 0. The van der Waals surface area contributed by atoms with E-state index >= 15 is 0 Å². The predicted molar refractivity (Wildman–Crippen MR) is 73.7 cm³/mol. The Bertz CT molecular complexity index is 312. The standard InChI is InChI=1S/C14H26N2O3/c1-2-3-7-11(13(18)19)16-12(17)10-14(15)8-5-4-6-9-14/h11H,2-10,15H2,1H3,(H,16,17)(H,18,19)/t11-/m0/s1. The number of rotatable bonds is 7. The van der Waals surface area contributed by atoms with Gasteiger partial charge in [0.25, 0.3) is 0 Å². The number of hydrogen-bond acceptors (Lipinski definition) is 3. The highest BCUT2D eigenvalue weighted by Gasteiger charge is 2.31. The van der Waals surface area contributed by atoms with Crippen molar-refractivity contribution in [2.45, 2.75) is 76.3 Å². The van der Waals surface area contributed by atoms with Crippen molar-refractivity contribution in [3.05, 3.63) is 0 Å². The fourth-order valence-corrected chi connectivity index (χ4v) is 2.66. The molecule has 5 nitrogen and oxygen atoms in total. The average molecular weight is 270 g/mol. The van der Waals surface area contributed by atoms with E-state index in [4.69, 9.17) is 10.8 Å². The number of carbonyl (C=O) groups excluding carboxylic acids is 1. The largest absolute Gasteiger partial charge is 0.480 e. The zero-order valence-electron chi connectivity index (χ0n) is 11.8. The third-order valence-electron chi connectivity index (χ3n) is 3.84.